The second kappa shape index (κ2) is 8.41. The fraction of sp³-hybridized carbons (Fsp3) is 0.250. The Morgan fingerprint density at radius 3 is 2.60 bits per heavy atom. The van der Waals surface area contributed by atoms with E-state index in [9.17, 15) is 18.0 Å². The number of hydrogen-bond acceptors (Lipinski definition) is 5. The molecule has 10 heteroatoms. The van der Waals surface area contributed by atoms with E-state index in [1.165, 1.54) is 4.57 Å². The lowest BCUT2D eigenvalue weighted by Gasteiger charge is -2.14. The predicted molar refractivity (Wildman–Crippen MR) is 121 cm³/mol. The molecule has 0 aliphatic carbocycles. The van der Waals surface area contributed by atoms with E-state index in [1.807, 2.05) is 0 Å². The summed E-state index contributed by atoms with van der Waals surface area (Å²) >= 11 is 5.13. The van der Waals surface area contributed by atoms with Crippen molar-refractivity contribution < 1.29 is 13.2 Å². The van der Waals surface area contributed by atoms with E-state index in [1.54, 1.807) is 57.3 Å². The first-order valence-corrected chi connectivity index (χ1v) is 11.3. The highest BCUT2D eigenvalue weighted by Crippen LogP contribution is 2.25. The molecule has 0 atom stereocenters. The molecule has 0 fully saturated rings. The zero-order valence-corrected chi connectivity index (χ0v) is 18.4. The average Bonchev–Trinajstić information content (AvgIpc) is 2.68. The molecule has 8 nitrogen and oxygen atoms in total. The number of anilines is 2. The lowest BCUT2D eigenvalue weighted by atomic mass is 10.1. The van der Waals surface area contributed by atoms with Gasteiger partial charge in [0.15, 0.2) is 4.77 Å². The molecule has 3 N–H and O–H groups in total. The summed E-state index contributed by atoms with van der Waals surface area (Å²) in [6, 6.07) is 9.68. The number of sulfonamides is 1. The van der Waals surface area contributed by atoms with Crippen molar-refractivity contribution in [2.45, 2.75) is 20.3 Å². The molecule has 0 saturated heterocycles. The number of carbonyl (C=O) groups is 1. The number of aromatic amines is 1. The number of nitrogens with zero attached hydrogens (tertiary/aromatic N) is 1. The number of amides is 1. The summed E-state index contributed by atoms with van der Waals surface area (Å²) in [4.78, 5) is 28.0. The van der Waals surface area contributed by atoms with Crippen LogP contribution < -0.4 is 15.6 Å². The summed E-state index contributed by atoms with van der Waals surface area (Å²) in [6.07, 6.45) is 0.499. The first-order valence-electron chi connectivity index (χ1n) is 9.27. The minimum absolute atomic E-state index is 0.0148. The van der Waals surface area contributed by atoms with E-state index in [0.717, 1.165) is 0 Å². The second-order valence-corrected chi connectivity index (χ2v) is 9.14. The average molecular weight is 447 g/mol. The van der Waals surface area contributed by atoms with Crippen molar-refractivity contribution >= 4 is 50.4 Å². The van der Waals surface area contributed by atoms with Crippen LogP contribution in [0.4, 0.5) is 11.4 Å². The SMILES string of the molecule is CCCS(=O)(=O)Nc1cccc(NC(=O)c2ccc3c(=O)n(C)c(=S)[nH]c3c2)c1C. The summed E-state index contributed by atoms with van der Waals surface area (Å²) in [5, 5.41) is 3.22. The Balaban J connectivity index is 1.91. The van der Waals surface area contributed by atoms with Gasteiger partial charge in [0.1, 0.15) is 0 Å². The molecule has 0 saturated carbocycles. The molecule has 0 aliphatic rings. The number of H-pyrrole nitrogens is 1. The van der Waals surface area contributed by atoms with Crippen molar-refractivity contribution in [3.63, 3.8) is 0 Å². The van der Waals surface area contributed by atoms with Crippen molar-refractivity contribution in [1.29, 1.82) is 0 Å². The monoisotopic (exact) mass is 446 g/mol. The Hall–Kier alpha value is -2.98. The smallest absolute Gasteiger partial charge is 0.261 e. The molecule has 158 valence electrons. The quantitative estimate of drug-likeness (QED) is 0.503. The molecule has 1 heterocycles. The van der Waals surface area contributed by atoms with Gasteiger partial charge in [0.25, 0.3) is 11.5 Å². The molecule has 0 spiro atoms. The number of fused-ring (bicyclic) bond motifs is 1. The summed E-state index contributed by atoms with van der Waals surface area (Å²) in [5.41, 5.74) is 2.04. The molecule has 2 aromatic carbocycles. The molecule has 30 heavy (non-hydrogen) atoms. The normalized spacial score (nSPS) is 11.4. The van der Waals surface area contributed by atoms with Gasteiger partial charge in [-0.2, -0.15) is 0 Å². The van der Waals surface area contributed by atoms with Gasteiger partial charge < -0.3 is 10.3 Å². The number of hydrogen-bond donors (Lipinski definition) is 3. The summed E-state index contributed by atoms with van der Waals surface area (Å²) < 4.78 is 28.3. The van der Waals surface area contributed by atoms with Crippen LogP contribution in [0.5, 0.6) is 0 Å². The van der Waals surface area contributed by atoms with Crippen LogP contribution in [0.25, 0.3) is 10.9 Å². The number of nitrogens with one attached hydrogen (secondary N) is 3. The number of aromatic nitrogens is 2. The highest BCUT2D eigenvalue weighted by Gasteiger charge is 2.15. The molecule has 0 unspecified atom stereocenters. The fourth-order valence-electron chi connectivity index (χ4n) is 3.01. The minimum Gasteiger partial charge on any atom is -0.332 e. The topological polar surface area (TPSA) is 113 Å². The van der Waals surface area contributed by atoms with E-state index in [2.05, 4.69) is 15.0 Å². The molecule has 1 amide bonds. The maximum absolute atomic E-state index is 12.8. The van der Waals surface area contributed by atoms with Gasteiger partial charge in [-0.05, 0) is 61.5 Å². The van der Waals surface area contributed by atoms with E-state index in [4.69, 9.17) is 12.2 Å². The third kappa shape index (κ3) is 4.44. The molecular formula is C20H22N4O4S2. The van der Waals surface area contributed by atoms with E-state index >= 15 is 0 Å². The number of rotatable bonds is 6. The minimum atomic E-state index is -3.45. The molecule has 3 aromatic rings. The Kier molecular flexibility index (Phi) is 6.09. The van der Waals surface area contributed by atoms with Crippen molar-refractivity contribution in [3.8, 4) is 0 Å². The van der Waals surface area contributed by atoms with Crippen LogP contribution >= 0.6 is 12.2 Å². The van der Waals surface area contributed by atoms with Crippen LogP contribution in [-0.4, -0.2) is 29.6 Å². The molecule has 0 aliphatic heterocycles. The Morgan fingerprint density at radius 2 is 1.90 bits per heavy atom. The Labute approximate surface area is 179 Å². The zero-order chi connectivity index (χ0) is 22.1. The lowest BCUT2D eigenvalue weighted by molar-refractivity contribution is 0.102. The number of carbonyl (C=O) groups excluding carboxylic acids is 1. The Bertz CT molecular complexity index is 1360. The third-order valence-corrected chi connectivity index (χ3v) is 6.54. The van der Waals surface area contributed by atoms with Gasteiger partial charge in [-0.25, -0.2) is 8.42 Å². The summed E-state index contributed by atoms with van der Waals surface area (Å²) in [6.45, 7) is 3.51. The van der Waals surface area contributed by atoms with Crippen LogP contribution in [-0.2, 0) is 17.1 Å². The van der Waals surface area contributed by atoms with Crippen LogP contribution in [0.15, 0.2) is 41.2 Å². The van der Waals surface area contributed by atoms with Crippen molar-refractivity contribution in [2.24, 2.45) is 7.05 Å². The highest BCUT2D eigenvalue weighted by atomic mass is 32.2. The fourth-order valence-corrected chi connectivity index (χ4v) is 4.40. The van der Waals surface area contributed by atoms with Gasteiger partial charge in [-0.1, -0.05) is 13.0 Å². The third-order valence-electron chi connectivity index (χ3n) is 4.68. The predicted octanol–water partition coefficient (Wildman–Crippen LogP) is 3.31. The van der Waals surface area contributed by atoms with E-state index in [0.29, 0.717) is 39.8 Å². The lowest BCUT2D eigenvalue weighted by Crippen LogP contribution is -2.20. The molecule has 1 aromatic heterocycles. The van der Waals surface area contributed by atoms with Crippen LogP contribution in [0.1, 0.15) is 29.3 Å². The molecule has 0 bridgehead atoms. The van der Waals surface area contributed by atoms with Crippen molar-refractivity contribution in [2.75, 3.05) is 15.8 Å². The van der Waals surface area contributed by atoms with E-state index < -0.39 is 15.9 Å². The molecule has 0 radical (unpaired) electrons. The van der Waals surface area contributed by atoms with Crippen LogP contribution in [0, 0.1) is 11.7 Å². The second-order valence-electron chi connectivity index (χ2n) is 6.91. The van der Waals surface area contributed by atoms with Gasteiger partial charge in [0.05, 0.1) is 22.3 Å². The largest absolute Gasteiger partial charge is 0.332 e. The van der Waals surface area contributed by atoms with Crippen molar-refractivity contribution in [1.82, 2.24) is 9.55 Å². The summed E-state index contributed by atoms with van der Waals surface area (Å²) in [5.74, 6) is -0.380. The zero-order valence-electron chi connectivity index (χ0n) is 16.8. The van der Waals surface area contributed by atoms with Gasteiger partial charge in [0, 0.05) is 18.3 Å². The van der Waals surface area contributed by atoms with Crippen molar-refractivity contribution in [3.05, 3.63) is 62.6 Å². The highest BCUT2D eigenvalue weighted by molar-refractivity contribution is 7.92. The molecular weight excluding hydrogens is 424 g/mol. The Morgan fingerprint density at radius 1 is 1.20 bits per heavy atom. The van der Waals surface area contributed by atoms with Crippen LogP contribution in [0.2, 0.25) is 0 Å². The molecule has 3 rings (SSSR count). The van der Waals surface area contributed by atoms with Gasteiger partial charge in [0.2, 0.25) is 10.0 Å². The maximum Gasteiger partial charge on any atom is 0.261 e. The maximum atomic E-state index is 12.8. The van der Waals surface area contributed by atoms with E-state index in [-0.39, 0.29) is 16.1 Å². The van der Waals surface area contributed by atoms with Crippen LogP contribution in [0.3, 0.4) is 0 Å². The standard InChI is InChI=1S/C20H22N4O4S2/c1-4-10-30(27,28)23-16-7-5-6-15(12(16)2)21-18(25)13-8-9-14-17(11-13)22-20(29)24(3)19(14)26/h5-9,11,23H,4,10H2,1-3H3,(H,21,25)(H,22,29). The first kappa shape index (κ1) is 21.7. The summed E-state index contributed by atoms with van der Waals surface area (Å²) in [7, 11) is -1.87. The first-order chi connectivity index (χ1) is 14.1. The van der Waals surface area contributed by atoms with Gasteiger partial charge in [-0.3, -0.25) is 18.9 Å². The number of benzene rings is 2. The van der Waals surface area contributed by atoms with Gasteiger partial charge >= 0.3 is 0 Å². The van der Waals surface area contributed by atoms with Gasteiger partial charge in [-0.15, -0.1) is 0 Å².